The summed E-state index contributed by atoms with van der Waals surface area (Å²) in [5.74, 6) is -0.229. The molecule has 1 amide bonds. The van der Waals surface area contributed by atoms with E-state index >= 15 is 0 Å². The fraction of sp³-hybridized carbons (Fsp3) is 0.729. The van der Waals surface area contributed by atoms with E-state index in [0.717, 1.165) is 57.8 Å². The molecule has 0 aliphatic carbocycles. The number of quaternary nitrogens is 1. The number of likely N-dealkylation sites (N-methyl/N-ethyl adjacent to an activating group) is 1. The lowest BCUT2D eigenvalue weighted by molar-refractivity contribution is -0.870. The van der Waals surface area contributed by atoms with Crippen LogP contribution >= 0.6 is 7.82 Å². The summed E-state index contributed by atoms with van der Waals surface area (Å²) in [5.41, 5.74) is 0. The molecule has 57 heavy (non-hydrogen) atoms. The first-order valence-corrected chi connectivity index (χ1v) is 24.3. The van der Waals surface area contributed by atoms with Gasteiger partial charge in [0.15, 0.2) is 0 Å². The topological polar surface area (TPSA) is 105 Å². The molecule has 3 unspecified atom stereocenters. The maximum Gasteiger partial charge on any atom is 0.472 e. The van der Waals surface area contributed by atoms with Crippen molar-refractivity contribution in [3.05, 3.63) is 72.9 Å². The number of nitrogens with one attached hydrogen (secondary N) is 1. The number of carbonyl (C=O) groups is 1. The Balaban J connectivity index is 4.50. The van der Waals surface area contributed by atoms with Crippen molar-refractivity contribution in [2.75, 3.05) is 40.9 Å². The fourth-order valence-corrected chi connectivity index (χ4v) is 6.86. The molecular weight excluding hydrogens is 732 g/mol. The minimum absolute atomic E-state index is 0.0575. The number of phosphoric ester groups is 1. The number of nitrogens with zero attached hydrogens (tertiary/aromatic N) is 1. The van der Waals surface area contributed by atoms with Gasteiger partial charge in [0.2, 0.25) is 5.91 Å². The summed E-state index contributed by atoms with van der Waals surface area (Å²) in [6, 6.07) is -0.804. The summed E-state index contributed by atoms with van der Waals surface area (Å²) >= 11 is 0. The van der Waals surface area contributed by atoms with Gasteiger partial charge in [0.1, 0.15) is 13.2 Å². The minimum Gasteiger partial charge on any atom is -0.391 e. The maximum absolute atomic E-state index is 12.9. The van der Waals surface area contributed by atoms with E-state index in [0.29, 0.717) is 23.9 Å². The normalized spacial score (nSPS) is 15.0. The number of aliphatic hydroxyl groups excluding tert-OH is 1. The number of amides is 1. The van der Waals surface area contributed by atoms with Gasteiger partial charge in [0, 0.05) is 6.42 Å². The Morgan fingerprint density at radius 2 is 1.02 bits per heavy atom. The van der Waals surface area contributed by atoms with Gasteiger partial charge >= 0.3 is 7.82 Å². The van der Waals surface area contributed by atoms with E-state index in [1.54, 1.807) is 0 Å². The van der Waals surface area contributed by atoms with Gasteiger partial charge in [-0.15, -0.1) is 0 Å². The summed E-state index contributed by atoms with van der Waals surface area (Å²) in [4.78, 5) is 23.1. The number of hydrogen-bond donors (Lipinski definition) is 3. The number of aliphatic hydroxyl groups is 1. The Morgan fingerprint density at radius 3 is 1.44 bits per heavy atom. The molecule has 0 aromatic heterocycles. The molecule has 9 heteroatoms. The zero-order valence-corrected chi connectivity index (χ0v) is 38.2. The quantitative estimate of drug-likeness (QED) is 0.0246. The Labute approximate surface area is 351 Å². The van der Waals surface area contributed by atoms with Crippen molar-refractivity contribution < 1.29 is 32.9 Å². The highest BCUT2D eigenvalue weighted by Gasteiger charge is 2.28. The molecule has 0 fully saturated rings. The monoisotopic (exact) mass is 820 g/mol. The van der Waals surface area contributed by atoms with Crippen molar-refractivity contribution in [2.45, 2.75) is 187 Å². The molecule has 0 saturated heterocycles. The zero-order valence-electron chi connectivity index (χ0n) is 37.3. The lowest BCUT2D eigenvalue weighted by atomic mass is 10.0. The van der Waals surface area contributed by atoms with Gasteiger partial charge in [0.05, 0.1) is 39.9 Å². The van der Waals surface area contributed by atoms with Crippen molar-refractivity contribution in [3.63, 3.8) is 0 Å². The van der Waals surface area contributed by atoms with Crippen LogP contribution in [0.15, 0.2) is 72.9 Å². The predicted molar refractivity (Wildman–Crippen MR) is 244 cm³/mol. The van der Waals surface area contributed by atoms with Crippen LogP contribution in [0, 0.1) is 0 Å². The Hall–Kier alpha value is -2.06. The van der Waals surface area contributed by atoms with E-state index in [1.165, 1.54) is 83.5 Å². The molecule has 0 bridgehead atoms. The van der Waals surface area contributed by atoms with Gasteiger partial charge in [-0.1, -0.05) is 189 Å². The highest BCUT2D eigenvalue weighted by molar-refractivity contribution is 7.47. The Morgan fingerprint density at radius 1 is 0.614 bits per heavy atom. The number of allylic oxidation sites excluding steroid dienone is 12. The van der Waals surface area contributed by atoms with E-state index in [4.69, 9.17) is 9.05 Å². The summed E-state index contributed by atoms with van der Waals surface area (Å²) in [7, 11) is 1.56. The smallest absolute Gasteiger partial charge is 0.391 e. The lowest BCUT2D eigenvalue weighted by Crippen LogP contribution is -2.46. The average Bonchev–Trinajstić information content (AvgIpc) is 3.16. The summed E-state index contributed by atoms with van der Waals surface area (Å²) < 4.78 is 23.6. The Bertz CT molecular complexity index is 1160. The largest absolute Gasteiger partial charge is 0.472 e. The van der Waals surface area contributed by atoms with Crippen molar-refractivity contribution >= 4 is 13.7 Å². The van der Waals surface area contributed by atoms with E-state index in [2.05, 4.69) is 79.9 Å². The first kappa shape index (κ1) is 54.9. The van der Waals surface area contributed by atoms with Crippen LogP contribution in [0.3, 0.4) is 0 Å². The van der Waals surface area contributed by atoms with Crippen LogP contribution in [0.4, 0.5) is 0 Å². The molecule has 0 aliphatic rings. The zero-order chi connectivity index (χ0) is 42.1. The third-order valence-electron chi connectivity index (χ3n) is 9.73. The van der Waals surface area contributed by atoms with E-state index in [1.807, 2.05) is 33.3 Å². The van der Waals surface area contributed by atoms with Gasteiger partial charge < -0.3 is 19.8 Å². The van der Waals surface area contributed by atoms with Crippen molar-refractivity contribution in [2.24, 2.45) is 0 Å². The number of phosphoric acid groups is 1. The molecule has 0 spiro atoms. The molecule has 330 valence electrons. The molecule has 3 N–H and O–H groups in total. The summed E-state index contributed by atoms with van der Waals surface area (Å²) in [5, 5.41) is 13.9. The van der Waals surface area contributed by atoms with Crippen LogP contribution in [0.1, 0.15) is 174 Å². The second-order valence-electron chi connectivity index (χ2n) is 16.4. The molecule has 3 atom stereocenters. The molecule has 0 heterocycles. The first-order chi connectivity index (χ1) is 27.5. The molecule has 0 saturated carbocycles. The Kier molecular flexibility index (Phi) is 38.0. The fourth-order valence-electron chi connectivity index (χ4n) is 6.13. The van der Waals surface area contributed by atoms with Crippen molar-refractivity contribution in [1.82, 2.24) is 5.32 Å². The van der Waals surface area contributed by atoms with Crippen LogP contribution in [-0.4, -0.2) is 73.4 Å². The lowest BCUT2D eigenvalue weighted by Gasteiger charge is -2.26. The highest BCUT2D eigenvalue weighted by atomic mass is 31.2. The van der Waals surface area contributed by atoms with E-state index in [9.17, 15) is 19.4 Å². The van der Waals surface area contributed by atoms with Crippen LogP contribution in [0.25, 0.3) is 0 Å². The van der Waals surface area contributed by atoms with Crippen LogP contribution < -0.4 is 5.32 Å². The van der Waals surface area contributed by atoms with Crippen molar-refractivity contribution in [1.29, 1.82) is 0 Å². The molecule has 0 aliphatic heterocycles. The molecule has 0 rings (SSSR count). The number of unbranched alkanes of at least 4 members (excludes halogenated alkanes) is 15. The van der Waals surface area contributed by atoms with E-state index in [-0.39, 0.29) is 25.5 Å². The second-order valence-corrected chi connectivity index (χ2v) is 17.9. The first-order valence-electron chi connectivity index (χ1n) is 22.8. The standard InChI is InChI=1S/C48H87N2O6P/c1-6-8-10-12-14-16-18-20-22-24-25-26-28-30-32-34-36-38-40-42-48(52)49-46(45-56-57(53,54)55-44-43-50(3,4)5)47(51)41-39-37-35-33-31-29-27-23-21-19-17-15-13-11-9-7-2/h8,10,14,16,20,22,25-26,30,32,36,38,46-47,51H,6-7,9,11-13,15,17-19,21,23-24,27-29,31,33-35,37,39-45H2,1-5H3,(H-,49,52,53,54)/p+1/b10-8-,16-14-,22-20-,26-25-,32-30-,38-36-. The maximum atomic E-state index is 12.9. The summed E-state index contributed by atoms with van der Waals surface area (Å²) in [6.07, 6.45) is 52.3. The third kappa shape index (κ3) is 41.9. The van der Waals surface area contributed by atoms with Crippen LogP contribution in [0.2, 0.25) is 0 Å². The number of hydrogen-bond acceptors (Lipinski definition) is 5. The molecule has 0 aromatic carbocycles. The van der Waals surface area contributed by atoms with Gasteiger partial charge in [-0.05, 0) is 51.4 Å². The average molecular weight is 820 g/mol. The highest BCUT2D eigenvalue weighted by Crippen LogP contribution is 2.43. The van der Waals surface area contributed by atoms with Crippen molar-refractivity contribution in [3.8, 4) is 0 Å². The SMILES string of the molecule is CC/C=C\C/C=C\C/C=C\C/C=C\C/C=C\C/C=C\CCC(=O)NC(COP(=O)(O)OCC[N+](C)(C)C)C(O)CCCCCCCCCCCCCCCCCC. The number of carbonyl (C=O) groups excluding carboxylic acids is 1. The van der Waals surface area contributed by atoms with E-state index < -0.39 is 20.0 Å². The van der Waals surface area contributed by atoms with Gasteiger partial charge in [-0.25, -0.2) is 4.57 Å². The molecular formula is C48H88N2O6P+. The van der Waals surface area contributed by atoms with Crippen LogP contribution in [0.5, 0.6) is 0 Å². The van der Waals surface area contributed by atoms with Gasteiger partial charge in [-0.2, -0.15) is 0 Å². The predicted octanol–water partition coefficient (Wildman–Crippen LogP) is 12.8. The minimum atomic E-state index is -4.34. The number of rotatable bonds is 40. The van der Waals surface area contributed by atoms with Gasteiger partial charge in [-0.3, -0.25) is 13.8 Å². The van der Waals surface area contributed by atoms with Crippen LogP contribution in [-0.2, 0) is 18.4 Å². The van der Waals surface area contributed by atoms with Gasteiger partial charge in [0.25, 0.3) is 0 Å². The third-order valence-corrected chi connectivity index (χ3v) is 10.7. The molecule has 0 radical (unpaired) electrons. The molecule has 0 aromatic rings. The second kappa shape index (κ2) is 39.4. The summed E-state index contributed by atoms with van der Waals surface area (Å²) in [6.45, 7) is 4.70. The molecule has 8 nitrogen and oxygen atoms in total.